The van der Waals surface area contributed by atoms with Gasteiger partial charge in [-0.1, -0.05) is 6.58 Å². The van der Waals surface area contributed by atoms with Gasteiger partial charge in [0.1, 0.15) is 0 Å². The summed E-state index contributed by atoms with van der Waals surface area (Å²) in [4.78, 5) is 11.2. The lowest BCUT2D eigenvalue weighted by Gasteiger charge is -2.33. The van der Waals surface area contributed by atoms with Crippen LogP contribution in [0.2, 0.25) is 0 Å². The molecule has 20 heavy (non-hydrogen) atoms. The van der Waals surface area contributed by atoms with Crippen molar-refractivity contribution < 1.29 is 31.2 Å². The molecule has 120 valence electrons. The van der Waals surface area contributed by atoms with Crippen LogP contribution in [0.4, 0.5) is 0 Å². The highest BCUT2D eigenvalue weighted by molar-refractivity contribution is 7.80. The minimum absolute atomic E-state index is 0.0914. The Morgan fingerprint density at radius 2 is 1.80 bits per heavy atom. The van der Waals surface area contributed by atoms with Crippen LogP contribution in [0.15, 0.2) is 12.2 Å². The molecule has 1 atom stereocenters. The molecule has 8 heteroatoms. The molecule has 0 radical (unpaired) electrons. The molecule has 7 nitrogen and oxygen atoms in total. The SMILES string of the molecule is C=C(C)C(=O)OC(C)[N+](C)(C)CC.CCOS(=O)(=O)[O-]. The van der Waals surface area contributed by atoms with E-state index in [-0.39, 0.29) is 18.8 Å². The molecule has 0 aromatic heterocycles. The summed E-state index contributed by atoms with van der Waals surface area (Å²) in [6.45, 7) is 11.4. The van der Waals surface area contributed by atoms with Crippen LogP contribution >= 0.6 is 0 Å². The summed E-state index contributed by atoms with van der Waals surface area (Å²) >= 11 is 0. The second-order valence-electron chi connectivity index (χ2n) is 4.69. The van der Waals surface area contributed by atoms with Crippen LogP contribution in [0, 0.1) is 0 Å². The number of nitrogens with zero attached hydrogens (tertiary/aromatic N) is 1. The van der Waals surface area contributed by atoms with E-state index in [1.54, 1.807) is 6.92 Å². The van der Waals surface area contributed by atoms with Crippen LogP contribution in [-0.4, -0.2) is 56.9 Å². The van der Waals surface area contributed by atoms with E-state index in [4.69, 9.17) is 4.74 Å². The molecule has 0 saturated carbocycles. The Labute approximate surface area is 121 Å². The predicted octanol–water partition coefficient (Wildman–Crippen LogP) is 1.03. The molecule has 0 aromatic carbocycles. The summed E-state index contributed by atoms with van der Waals surface area (Å²) < 4.78 is 37.9. The molecule has 0 aliphatic rings. The number of carbonyl (C=O) groups excluding carboxylic acids is 1. The first-order valence-electron chi connectivity index (χ1n) is 6.16. The molecule has 1 unspecified atom stereocenters. The van der Waals surface area contributed by atoms with Crippen molar-refractivity contribution in [3.63, 3.8) is 0 Å². The third-order valence-corrected chi connectivity index (χ3v) is 3.21. The van der Waals surface area contributed by atoms with Crippen molar-refractivity contribution in [3.05, 3.63) is 12.2 Å². The van der Waals surface area contributed by atoms with Crippen molar-refractivity contribution in [3.8, 4) is 0 Å². The minimum Gasteiger partial charge on any atom is -0.726 e. The van der Waals surface area contributed by atoms with Gasteiger partial charge in [0, 0.05) is 12.5 Å². The molecule has 0 heterocycles. The van der Waals surface area contributed by atoms with Crippen molar-refractivity contribution in [1.82, 2.24) is 0 Å². The topological polar surface area (TPSA) is 92.7 Å². The average molecular weight is 311 g/mol. The highest BCUT2D eigenvalue weighted by Gasteiger charge is 2.25. The fourth-order valence-corrected chi connectivity index (χ4v) is 1.09. The fraction of sp³-hybridized carbons (Fsp3) is 0.750. The summed E-state index contributed by atoms with van der Waals surface area (Å²) in [5.74, 6) is -0.313. The molecule has 0 aliphatic carbocycles. The number of ether oxygens (including phenoxy) is 1. The van der Waals surface area contributed by atoms with Crippen molar-refractivity contribution in [1.29, 1.82) is 0 Å². The number of esters is 1. The van der Waals surface area contributed by atoms with Gasteiger partial charge in [-0.05, 0) is 20.8 Å². The molecule has 0 saturated heterocycles. The Bertz CT molecular complexity index is 416. The van der Waals surface area contributed by atoms with Crippen molar-refractivity contribution in [2.75, 3.05) is 27.2 Å². The summed E-state index contributed by atoms with van der Waals surface area (Å²) in [5, 5.41) is 0. The molecule has 0 fully saturated rings. The van der Waals surface area contributed by atoms with Crippen LogP contribution < -0.4 is 0 Å². The largest absolute Gasteiger partial charge is 0.726 e. The van der Waals surface area contributed by atoms with Gasteiger partial charge in [0.2, 0.25) is 16.6 Å². The van der Waals surface area contributed by atoms with Crippen LogP contribution in [0.3, 0.4) is 0 Å². The molecule has 0 spiro atoms. The van der Waals surface area contributed by atoms with Gasteiger partial charge in [-0.25, -0.2) is 13.2 Å². The zero-order valence-corrected chi connectivity index (χ0v) is 13.8. The molecule has 0 bridgehead atoms. The van der Waals surface area contributed by atoms with Crippen molar-refractivity contribution in [2.24, 2.45) is 0 Å². The Hall–Kier alpha value is -0.960. The number of hydrogen-bond donors (Lipinski definition) is 0. The van der Waals surface area contributed by atoms with Gasteiger partial charge in [-0.3, -0.25) is 8.67 Å². The van der Waals surface area contributed by atoms with Crippen LogP contribution in [-0.2, 0) is 24.1 Å². The fourth-order valence-electron chi connectivity index (χ4n) is 0.800. The molecular weight excluding hydrogens is 286 g/mol. The van der Waals surface area contributed by atoms with E-state index < -0.39 is 10.4 Å². The second-order valence-corrected chi connectivity index (χ2v) is 5.75. The molecule has 0 aromatic rings. The first kappa shape index (κ1) is 21.3. The first-order chi connectivity index (χ1) is 8.87. The number of quaternary nitrogens is 1. The van der Waals surface area contributed by atoms with Gasteiger partial charge in [0.15, 0.2) is 0 Å². The first-order valence-corrected chi connectivity index (χ1v) is 7.50. The van der Waals surface area contributed by atoms with E-state index in [1.165, 1.54) is 6.92 Å². The van der Waals surface area contributed by atoms with E-state index in [9.17, 15) is 17.8 Å². The summed E-state index contributed by atoms with van der Waals surface area (Å²) in [5.41, 5.74) is 0.447. The Morgan fingerprint density at radius 1 is 1.35 bits per heavy atom. The highest BCUT2D eigenvalue weighted by atomic mass is 32.3. The van der Waals surface area contributed by atoms with E-state index in [0.717, 1.165) is 6.54 Å². The molecule has 0 rings (SSSR count). The minimum atomic E-state index is -4.42. The number of carbonyl (C=O) groups is 1. The lowest BCUT2D eigenvalue weighted by atomic mass is 10.3. The van der Waals surface area contributed by atoms with Gasteiger partial charge < -0.3 is 9.29 Å². The molecule has 0 amide bonds. The lowest BCUT2D eigenvalue weighted by Crippen LogP contribution is -2.49. The monoisotopic (exact) mass is 311 g/mol. The van der Waals surface area contributed by atoms with E-state index >= 15 is 0 Å². The zero-order valence-electron chi connectivity index (χ0n) is 13.0. The van der Waals surface area contributed by atoms with Crippen LogP contribution in [0.1, 0.15) is 27.7 Å². The maximum Gasteiger partial charge on any atom is 0.337 e. The van der Waals surface area contributed by atoms with E-state index in [0.29, 0.717) is 10.1 Å². The van der Waals surface area contributed by atoms with Gasteiger partial charge in [-0.2, -0.15) is 0 Å². The standard InChI is InChI=1S/C10H20NO2.C2H6O4S/c1-7-11(5,6)9(4)13-10(12)8(2)3;1-2-6-7(3,4)5/h9H,2,7H2,1,3-6H3;2H2,1H3,(H,3,4,5)/q+1;/p-1. The van der Waals surface area contributed by atoms with Crippen molar-refractivity contribution in [2.45, 2.75) is 33.9 Å². The summed E-state index contributed by atoms with van der Waals surface area (Å²) in [6.07, 6.45) is -0.130. The maximum atomic E-state index is 11.2. The molecule has 0 N–H and O–H groups in total. The Kier molecular flexibility index (Phi) is 9.67. The zero-order chi connectivity index (χ0) is 16.6. The average Bonchev–Trinajstić information content (AvgIpc) is 2.27. The summed E-state index contributed by atoms with van der Waals surface area (Å²) in [6, 6.07) is 0. The molecular formula is C12H25NO6S. The van der Waals surface area contributed by atoms with Gasteiger partial charge >= 0.3 is 5.97 Å². The second kappa shape index (κ2) is 9.06. The summed E-state index contributed by atoms with van der Waals surface area (Å²) in [7, 11) is -0.376. The van der Waals surface area contributed by atoms with Crippen molar-refractivity contribution >= 4 is 16.4 Å². The third kappa shape index (κ3) is 10.9. The Balaban J connectivity index is 0. The number of hydrogen-bond acceptors (Lipinski definition) is 6. The maximum absolute atomic E-state index is 11.2. The smallest absolute Gasteiger partial charge is 0.337 e. The Morgan fingerprint density at radius 3 is 2.00 bits per heavy atom. The third-order valence-electron chi connectivity index (χ3n) is 2.69. The quantitative estimate of drug-likeness (QED) is 0.182. The molecule has 0 aliphatic heterocycles. The van der Waals surface area contributed by atoms with E-state index in [1.807, 2.05) is 21.0 Å². The van der Waals surface area contributed by atoms with Crippen LogP contribution in [0.5, 0.6) is 0 Å². The van der Waals surface area contributed by atoms with Gasteiger partial charge in [0.05, 0.1) is 27.2 Å². The van der Waals surface area contributed by atoms with Gasteiger partial charge in [0.25, 0.3) is 0 Å². The number of rotatable bonds is 6. The van der Waals surface area contributed by atoms with E-state index in [2.05, 4.69) is 17.7 Å². The lowest BCUT2D eigenvalue weighted by molar-refractivity contribution is -0.931. The predicted molar refractivity (Wildman–Crippen MR) is 74.3 cm³/mol. The normalized spacial score (nSPS) is 12.9. The highest BCUT2D eigenvalue weighted by Crippen LogP contribution is 2.09. The van der Waals surface area contributed by atoms with Gasteiger partial charge in [-0.15, -0.1) is 0 Å². The van der Waals surface area contributed by atoms with Crippen LogP contribution in [0.25, 0.3) is 0 Å².